The van der Waals surface area contributed by atoms with E-state index in [0.29, 0.717) is 12.8 Å². The number of amides is 1. The molecule has 0 aliphatic carbocycles. The maximum Gasteiger partial charge on any atom is 0.267 e. The Bertz CT molecular complexity index is 1040. The number of carbonyl (C=O) groups is 1. The van der Waals surface area contributed by atoms with E-state index in [1.165, 1.54) is 128 Å². The molecule has 0 radical (unpaired) electrons. The zero-order valence-corrected chi connectivity index (χ0v) is 35.1. The smallest absolute Gasteiger partial charge is 0.267 e. The lowest BCUT2D eigenvalue weighted by Gasteiger charge is -2.22. The van der Waals surface area contributed by atoms with Crippen LogP contribution in [0.15, 0.2) is 48.6 Å². The van der Waals surface area contributed by atoms with Gasteiger partial charge in [-0.2, -0.15) is 8.42 Å². The van der Waals surface area contributed by atoms with E-state index in [1.807, 2.05) is 0 Å². The zero-order chi connectivity index (χ0) is 39.1. The fraction of sp³-hybridized carbons (Fsp3) is 0.800. The van der Waals surface area contributed by atoms with Crippen molar-refractivity contribution in [3.63, 3.8) is 0 Å². The van der Waals surface area contributed by atoms with Crippen molar-refractivity contribution < 1.29 is 28.0 Å². The summed E-state index contributed by atoms with van der Waals surface area (Å²) in [6, 6.07) is -1.26. The number of hydrogen-bond acceptors (Lipinski definition) is 5. The van der Waals surface area contributed by atoms with Gasteiger partial charge in [0.2, 0.25) is 5.91 Å². The van der Waals surface area contributed by atoms with Crippen molar-refractivity contribution >= 4 is 16.0 Å². The summed E-state index contributed by atoms with van der Waals surface area (Å²) in [5, 5.41) is 23.4. The van der Waals surface area contributed by atoms with Gasteiger partial charge in [-0.15, -0.1) is 0 Å². The molecule has 0 aromatic heterocycles. The van der Waals surface area contributed by atoms with E-state index >= 15 is 0 Å². The highest BCUT2D eigenvalue weighted by Gasteiger charge is 2.27. The molecule has 0 aromatic carbocycles. The zero-order valence-electron chi connectivity index (χ0n) is 34.2. The molecule has 0 aromatic rings. The lowest BCUT2D eigenvalue weighted by molar-refractivity contribution is -0.130. The first-order chi connectivity index (χ1) is 25.7. The van der Waals surface area contributed by atoms with Gasteiger partial charge in [0.15, 0.2) is 0 Å². The third-order valence-corrected chi connectivity index (χ3v) is 10.6. The number of carbonyl (C=O) groups excluding carboxylic acids is 1. The van der Waals surface area contributed by atoms with Gasteiger partial charge in [-0.25, -0.2) is 0 Å². The lowest BCUT2D eigenvalue weighted by atomic mass is 10.0. The second-order valence-electron chi connectivity index (χ2n) is 15.1. The summed E-state index contributed by atoms with van der Waals surface area (Å²) in [4.78, 5) is 12.6. The van der Waals surface area contributed by atoms with E-state index in [4.69, 9.17) is 0 Å². The molecule has 0 fully saturated rings. The third kappa shape index (κ3) is 38.3. The first-order valence-corrected chi connectivity index (χ1v) is 23.6. The molecular formula is C45H83NO6S. The number of nitrogens with one attached hydrogen (secondary N) is 1. The van der Waals surface area contributed by atoms with Crippen molar-refractivity contribution in [3.05, 3.63) is 48.6 Å². The van der Waals surface area contributed by atoms with Crippen molar-refractivity contribution in [1.82, 2.24) is 5.32 Å². The molecule has 53 heavy (non-hydrogen) atoms. The van der Waals surface area contributed by atoms with Crippen molar-refractivity contribution in [2.45, 2.75) is 225 Å². The first kappa shape index (κ1) is 51.3. The number of hydrogen-bond donors (Lipinski definition) is 4. The minimum absolute atomic E-state index is 0.263. The highest BCUT2D eigenvalue weighted by atomic mass is 32.2. The van der Waals surface area contributed by atoms with Gasteiger partial charge in [0, 0.05) is 0 Å². The fourth-order valence-corrected chi connectivity index (χ4v) is 7.16. The maximum atomic E-state index is 12.6. The molecule has 0 aliphatic heterocycles. The molecule has 3 unspecified atom stereocenters. The second kappa shape index (κ2) is 38.5. The van der Waals surface area contributed by atoms with Crippen LogP contribution in [0.5, 0.6) is 0 Å². The Labute approximate surface area is 327 Å². The normalized spacial score (nSPS) is 14.3. The Morgan fingerprint density at radius 1 is 0.509 bits per heavy atom. The molecule has 0 spiro atoms. The SMILES string of the molecule is CCCCCCCC/C=C\CCCCCCCCC(O)C(=O)NC(CS(=O)(=O)O)C(O)/C=C/CC/C=C/CC/C=C/CCCCCCCCCCCC. The molecular weight excluding hydrogens is 683 g/mol. The second-order valence-corrected chi connectivity index (χ2v) is 16.6. The van der Waals surface area contributed by atoms with E-state index < -0.39 is 40.0 Å². The number of aliphatic hydroxyl groups excluding tert-OH is 2. The van der Waals surface area contributed by atoms with Gasteiger partial charge < -0.3 is 15.5 Å². The van der Waals surface area contributed by atoms with Gasteiger partial charge in [0.25, 0.3) is 10.1 Å². The van der Waals surface area contributed by atoms with Crippen LogP contribution < -0.4 is 5.32 Å². The van der Waals surface area contributed by atoms with Crippen molar-refractivity contribution in [1.29, 1.82) is 0 Å². The van der Waals surface area contributed by atoms with Crippen LogP contribution >= 0.6 is 0 Å². The monoisotopic (exact) mass is 766 g/mol. The van der Waals surface area contributed by atoms with Gasteiger partial charge in [-0.3, -0.25) is 9.35 Å². The molecule has 4 N–H and O–H groups in total. The largest absolute Gasteiger partial charge is 0.387 e. The quantitative estimate of drug-likeness (QED) is 0.0281. The predicted molar refractivity (Wildman–Crippen MR) is 227 cm³/mol. The molecule has 1 amide bonds. The minimum atomic E-state index is -4.46. The molecule has 310 valence electrons. The van der Waals surface area contributed by atoms with E-state index in [0.717, 1.165) is 51.4 Å². The van der Waals surface area contributed by atoms with E-state index in [1.54, 1.807) is 6.08 Å². The predicted octanol–water partition coefficient (Wildman–Crippen LogP) is 12.0. The van der Waals surface area contributed by atoms with Crippen molar-refractivity contribution in [2.24, 2.45) is 0 Å². The van der Waals surface area contributed by atoms with Crippen LogP contribution in [0, 0.1) is 0 Å². The molecule has 0 saturated carbocycles. The van der Waals surface area contributed by atoms with Crippen molar-refractivity contribution in [3.8, 4) is 0 Å². The lowest BCUT2D eigenvalue weighted by Crippen LogP contribution is -2.50. The van der Waals surface area contributed by atoms with Gasteiger partial charge in [0.05, 0.1) is 17.9 Å². The van der Waals surface area contributed by atoms with Crippen LogP contribution in [0.3, 0.4) is 0 Å². The van der Waals surface area contributed by atoms with Crippen LogP contribution in [0.2, 0.25) is 0 Å². The Hall–Kier alpha value is -1.74. The fourth-order valence-electron chi connectivity index (χ4n) is 6.42. The number of rotatable bonds is 39. The molecule has 0 bridgehead atoms. The van der Waals surface area contributed by atoms with Gasteiger partial charge in [0.1, 0.15) is 6.10 Å². The maximum absolute atomic E-state index is 12.6. The standard InChI is InChI=1S/C45H83NO6S/c1-3-5-7-9-11-13-15-17-19-21-22-23-24-26-27-29-31-33-35-37-39-43(47)42(41-53(50,51)52)46-45(49)44(48)40-38-36-34-32-30-28-25-20-18-16-14-12-10-8-6-4-2/h18,20,23-24,29,31,37,39,42-44,47-48H,3-17,19,21-22,25-28,30,32-36,38,40-41H2,1-2H3,(H,46,49)(H,50,51,52)/b20-18-,24-23+,31-29+,39-37+. The van der Waals surface area contributed by atoms with E-state index in [9.17, 15) is 28.0 Å². The van der Waals surface area contributed by atoms with Gasteiger partial charge in [-0.05, 0) is 70.6 Å². The van der Waals surface area contributed by atoms with Crippen LogP contribution in [-0.2, 0) is 14.9 Å². The van der Waals surface area contributed by atoms with E-state index in [-0.39, 0.29) is 6.42 Å². The summed E-state index contributed by atoms with van der Waals surface area (Å²) < 4.78 is 32.6. The highest BCUT2D eigenvalue weighted by Crippen LogP contribution is 2.14. The third-order valence-electron chi connectivity index (χ3n) is 9.81. The van der Waals surface area contributed by atoms with Gasteiger partial charge >= 0.3 is 0 Å². The first-order valence-electron chi connectivity index (χ1n) is 21.9. The summed E-state index contributed by atoms with van der Waals surface area (Å²) in [7, 11) is -4.46. The Morgan fingerprint density at radius 3 is 1.25 bits per heavy atom. The minimum Gasteiger partial charge on any atom is -0.387 e. The molecule has 0 rings (SSSR count). The van der Waals surface area contributed by atoms with Crippen LogP contribution in [0.1, 0.15) is 206 Å². The van der Waals surface area contributed by atoms with Crippen LogP contribution in [-0.4, -0.2) is 53.1 Å². The summed E-state index contributed by atoms with van der Waals surface area (Å²) in [5.41, 5.74) is 0. The Morgan fingerprint density at radius 2 is 0.849 bits per heavy atom. The summed E-state index contributed by atoms with van der Waals surface area (Å²) in [6.45, 7) is 4.51. The molecule has 0 saturated heterocycles. The van der Waals surface area contributed by atoms with Gasteiger partial charge in [-0.1, -0.05) is 184 Å². The Kier molecular flexibility index (Phi) is 37.3. The molecule has 0 heterocycles. The average Bonchev–Trinajstić information content (AvgIpc) is 3.12. The van der Waals surface area contributed by atoms with Crippen LogP contribution in [0.25, 0.3) is 0 Å². The average molecular weight is 766 g/mol. The molecule has 8 heteroatoms. The highest BCUT2D eigenvalue weighted by molar-refractivity contribution is 7.85. The van der Waals surface area contributed by atoms with Crippen LogP contribution in [0.4, 0.5) is 0 Å². The summed E-state index contributed by atoms with van der Waals surface area (Å²) in [6.07, 6.45) is 48.8. The van der Waals surface area contributed by atoms with Crippen molar-refractivity contribution in [2.75, 3.05) is 5.75 Å². The number of unbranched alkanes of at least 4 members (excludes halogenated alkanes) is 24. The van der Waals surface area contributed by atoms with E-state index in [2.05, 4.69) is 55.6 Å². The molecule has 7 nitrogen and oxygen atoms in total. The summed E-state index contributed by atoms with van der Waals surface area (Å²) in [5.74, 6) is -1.57. The Balaban J connectivity index is 4.09. The topological polar surface area (TPSA) is 124 Å². The number of aliphatic hydroxyl groups is 2. The molecule has 3 atom stereocenters. The summed E-state index contributed by atoms with van der Waals surface area (Å²) >= 11 is 0. The number of allylic oxidation sites excluding steroid dienone is 7. The molecule has 0 aliphatic rings.